The van der Waals surface area contributed by atoms with Crippen LogP contribution in [0.5, 0.6) is 0 Å². The molecular weight excluding hydrogens is 1110 g/mol. The molecular formula is C65H126O17P2. The number of phosphoric ester groups is 2. The molecule has 17 nitrogen and oxygen atoms in total. The van der Waals surface area contributed by atoms with Crippen LogP contribution in [-0.2, 0) is 65.4 Å². The van der Waals surface area contributed by atoms with Gasteiger partial charge in [-0.3, -0.25) is 37.3 Å². The van der Waals surface area contributed by atoms with Crippen molar-refractivity contribution in [2.45, 2.75) is 348 Å². The minimum Gasteiger partial charge on any atom is -0.462 e. The minimum absolute atomic E-state index is 0.106. The van der Waals surface area contributed by atoms with Crippen molar-refractivity contribution in [2.75, 3.05) is 39.6 Å². The van der Waals surface area contributed by atoms with Gasteiger partial charge in [0.15, 0.2) is 12.2 Å². The molecule has 0 spiro atoms. The summed E-state index contributed by atoms with van der Waals surface area (Å²) < 4.78 is 68.0. The Balaban J connectivity index is 5.22. The van der Waals surface area contributed by atoms with Gasteiger partial charge in [-0.1, -0.05) is 279 Å². The maximum Gasteiger partial charge on any atom is 0.472 e. The van der Waals surface area contributed by atoms with Crippen LogP contribution in [0.25, 0.3) is 0 Å². The van der Waals surface area contributed by atoms with Gasteiger partial charge in [-0.2, -0.15) is 0 Å². The summed E-state index contributed by atoms with van der Waals surface area (Å²) in [6, 6.07) is 0. The zero-order valence-corrected chi connectivity index (χ0v) is 55.8. The first-order chi connectivity index (χ1) is 40.5. The predicted octanol–water partition coefficient (Wildman–Crippen LogP) is 18.2. The molecule has 3 N–H and O–H groups in total. The lowest BCUT2D eigenvalue weighted by atomic mass is 10.0. The smallest absolute Gasteiger partial charge is 0.462 e. The summed E-state index contributed by atoms with van der Waals surface area (Å²) >= 11 is 0. The summed E-state index contributed by atoms with van der Waals surface area (Å²) in [6.45, 7) is 7.17. The molecule has 0 aliphatic carbocycles. The molecule has 0 saturated heterocycles. The summed E-state index contributed by atoms with van der Waals surface area (Å²) in [5, 5.41) is 10.5. The van der Waals surface area contributed by atoms with E-state index in [0.29, 0.717) is 25.7 Å². The molecule has 19 heteroatoms. The molecule has 0 fully saturated rings. The Kier molecular flexibility index (Phi) is 57.4. The molecule has 2 unspecified atom stereocenters. The van der Waals surface area contributed by atoms with Crippen LogP contribution in [0.2, 0.25) is 0 Å². The van der Waals surface area contributed by atoms with E-state index in [4.69, 9.17) is 37.0 Å². The molecule has 0 bridgehead atoms. The fourth-order valence-electron chi connectivity index (χ4n) is 9.76. The number of phosphoric acid groups is 2. The maximum atomic E-state index is 13.0. The van der Waals surface area contributed by atoms with Crippen LogP contribution in [0, 0.1) is 5.92 Å². The Morgan fingerprint density at radius 3 is 0.810 bits per heavy atom. The molecule has 0 aromatic heterocycles. The molecule has 0 radical (unpaired) electrons. The van der Waals surface area contributed by atoms with E-state index in [1.807, 2.05) is 0 Å². The Bertz CT molecular complexity index is 1640. The van der Waals surface area contributed by atoms with Gasteiger partial charge in [-0.05, 0) is 31.6 Å². The van der Waals surface area contributed by atoms with Crippen molar-refractivity contribution in [2.24, 2.45) is 5.92 Å². The SMILES string of the molecule is CCCCCCCCCCCCCCCC(=O)OC[C@H](COP(=O)(O)OC[C@@H](O)COP(=O)(O)OC[C@@H](COC(=O)CCCCCCCCCCC)OC(=O)CCCCCCCCCCC)OC(=O)CCCCCCCCCCCCC(C)C. The molecule has 0 aliphatic rings. The van der Waals surface area contributed by atoms with Gasteiger partial charge in [-0.25, -0.2) is 9.13 Å². The highest BCUT2D eigenvalue weighted by Crippen LogP contribution is 2.45. The summed E-state index contributed by atoms with van der Waals surface area (Å²) in [5.74, 6) is -1.38. The van der Waals surface area contributed by atoms with Crippen LogP contribution in [0.15, 0.2) is 0 Å². The lowest BCUT2D eigenvalue weighted by Gasteiger charge is -2.21. The van der Waals surface area contributed by atoms with Gasteiger partial charge in [0, 0.05) is 25.7 Å². The molecule has 0 aromatic carbocycles. The summed E-state index contributed by atoms with van der Waals surface area (Å²) in [6.07, 6.45) is 43.0. The van der Waals surface area contributed by atoms with Crippen molar-refractivity contribution < 1.29 is 80.2 Å². The Morgan fingerprint density at radius 1 is 0.321 bits per heavy atom. The summed E-state index contributed by atoms with van der Waals surface area (Å²) in [4.78, 5) is 72.2. The highest BCUT2D eigenvalue weighted by molar-refractivity contribution is 7.47. The fraction of sp³-hybridized carbons (Fsp3) is 0.938. The van der Waals surface area contributed by atoms with Crippen molar-refractivity contribution in [3.63, 3.8) is 0 Å². The average Bonchev–Trinajstić information content (AvgIpc) is 3.58. The first kappa shape index (κ1) is 82.1. The number of aliphatic hydroxyl groups is 1. The molecule has 0 aliphatic heterocycles. The van der Waals surface area contributed by atoms with Crippen molar-refractivity contribution in [3.05, 3.63) is 0 Å². The zero-order valence-electron chi connectivity index (χ0n) is 54.0. The van der Waals surface area contributed by atoms with Gasteiger partial charge in [-0.15, -0.1) is 0 Å². The molecule has 0 heterocycles. The molecule has 0 rings (SSSR count). The van der Waals surface area contributed by atoms with Crippen molar-refractivity contribution in [1.82, 2.24) is 0 Å². The second-order valence-corrected chi connectivity index (χ2v) is 26.9. The van der Waals surface area contributed by atoms with Gasteiger partial charge in [0.2, 0.25) is 0 Å². The number of aliphatic hydroxyl groups excluding tert-OH is 1. The lowest BCUT2D eigenvalue weighted by Crippen LogP contribution is -2.30. The van der Waals surface area contributed by atoms with E-state index >= 15 is 0 Å². The number of unbranched alkanes of at least 4 members (excludes halogenated alkanes) is 37. The number of hydrogen-bond acceptors (Lipinski definition) is 15. The number of carbonyl (C=O) groups is 4. The molecule has 5 atom stereocenters. The third kappa shape index (κ3) is 59.0. The molecule has 84 heavy (non-hydrogen) atoms. The zero-order chi connectivity index (χ0) is 62.0. The van der Waals surface area contributed by atoms with Crippen LogP contribution in [0.4, 0.5) is 0 Å². The maximum absolute atomic E-state index is 13.0. The van der Waals surface area contributed by atoms with Gasteiger partial charge >= 0.3 is 39.5 Å². The molecule has 0 amide bonds. The highest BCUT2D eigenvalue weighted by atomic mass is 31.2. The predicted molar refractivity (Wildman–Crippen MR) is 335 cm³/mol. The van der Waals surface area contributed by atoms with E-state index in [1.165, 1.54) is 154 Å². The third-order valence-corrected chi connectivity index (χ3v) is 16.9. The van der Waals surface area contributed by atoms with Crippen molar-refractivity contribution in [1.29, 1.82) is 0 Å². The first-order valence-corrected chi connectivity index (χ1v) is 37.1. The normalized spacial score (nSPS) is 14.2. The fourth-order valence-corrected chi connectivity index (χ4v) is 11.3. The molecule has 0 saturated carbocycles. The molecule has 0 aromatic rings. The number of esters is 4. The van der Waals surface area contributed by atoms with Gasteiger partial charge in [0.1, 0.15) is 19.3 Å². The average molecular weight is 1240 g/mol. The Labute approximate surface area is 511 Å². The van der Waals surface area contributed by atoms with Crippen LogP contribution < -0.4 is 0 Å². The Hall–Kier alpha value is -1.94. The summed E-state index contributed by atoms with van der Waals surface area (Å²) in [7, 11) is -9.88. The first-order valence-electron chi connectivity index (χ1n) is 34.1. The Morgan fingerprint density at radius 2 is 0.548 bits per heavy atom. The number of ether oxygens (including phenoxy) is 4. The van der Waals surface area contributed by atoms with Crippen LogP contribution in [0.3, 0.4) is 0 Å². The second kappa shape index (κ2) is 58.7. The monoisotopic (exact) mass is 1240 g/mol. The van der Waals surface area contributed by atoms with Crippen LogP contribution >= 0.6 is 15.6 Å². The van der Waals surface area contributed by atoms with E-state index in [2.05, 4.69) is 34.6 Å². The second-order valence-electron chi connectivity index (χ2n) is 24.0. The lowest BCUT2D eigenvalue weighted by molar-refractivity contribution is -0.161. The van der Waals surface area contributed by atoms with Crippen LogP contribution in [0.1, 0.15) is 330 Å². The van der Waals surface area contributed by atoms with Crippen LogP contribution in [-0.4, -0.2) is 96.7 Å². The van der Waals surface area contributed by atoms with Gasteiger partial charge < -0.3 is 33.8 Å². The van der Waals surface area contributed by atoms with E-state index in [1.54, 1.807) is 0 Å². The van der Waals surface area contributed by atoms with Crippen molar-refractivity contribution in [3.8, 4) is 0 Å². The van der Waals surface area contributed by atoms with E-state index in [-0.39, 0.29) is 25.7 Å². The topological polar surface area (TPSA) is 237 Å². The van der Waals surface area contributed by atoms with E-state index in [9.17, 15) is 43.2 Å². The number of hydrogen-bond donors (Lipinski definition) is 3. The quantitative estimate of drug-likeness (QED) is 0.0222. The standard InChI is InChI=1S/C65H126O17P2/c1-6-9-12-15-18-21-22-23-24-30-34-39-44-49-63(68)76-55-61(82-65(70)51-46-41-36-31-26-25-29-32-37-42-47-58(4)5)57-80-84(73,74)78-53-59(66)52-77-83(71,72)79-56-60(81-64(69)50-45-40-35-28-20-17-14-11-8-3)54-75-62(67)48-43-38-33-27-19-16-13-10-7-2/h58-61,66H,6-57H2,1-5H3,(H,71,72)(H,73,74)/t59-,60+,61+/m0/s1. The number of carbonyl (C=O) groups excluding carboxylic acids is 4. The van der Waals surface area contributed by atoms with Crippen molar-refractivity contribution >= 4 is 39.5 Å². The third-order valence-electron chi connectivity index (χ3n) is 15.0. The minimum atomic E-state index is -4.94. The van der Waals surface area contributed by atoms with Gasteiger partial charge in [0.05, 0.1) is 26.4 Å². The summed E-state index contributed by atoms with van der Waals surface area (Å²) in [5.41, 5.74) is 0. The van der Waals surface area contributed by atoms with E-state index in [0.717, 1.165) is 95.8 Å². The largest absolute Gasteiger partial charge is 0.472 e. The van der Waals surface area contributed by atoms with E-state index < -0.39 is 97.5 Å². The van der Waals surface area contributed by atoms with Gasteiger partial charge in [0.25, 0.3) is 0 Å². The highest BCUT2D eigenvalue weighted by Gasteiger charge is 2.30. The number of rotatable bonds is 65. The molecule has 498 valence electrons.